The van der Waals surface area contributed by atoms with E-state index in [9.17, 15) is 9.59 Å². The summed E-state index contributed by atoms with van der Waals surface area (Å²) >= 11 is 0. The van der Waals surface area contributed by atoms with E-state index < -0.39 is 5.60 Å². The Morgan fingerprint density at radius 2 is 1.40 bits per heavy atom. The van der Waals surface area contributed by atoms with Gasteiger partial charge in [-0.3, -0.25) is 14.5 Å². The summed E-state index contributed by atoms with van der Waals surface area (Å²) in [6.45, 7) is 3.79. The Hall–Kier alpha value is -2.50. The molecule has 0 bridgehead atoms. The molecule has 2 aromatic carbocycles. The number of benzene rings is 2. The van der Waals surface area contributed by atoms with Gasteiger partial charge in [-0.1, -0.05) is 60.7 Å². The molecule has 2 saturated heterocycles. The molecule has 0 radical (unpaired) electrons. The zero-order chi connectivity index (χ0) is 20.8. The highest BCUT2D eigenvalue weighted by atomic mass is 16.5. The summed E-state index contributed by atoms with van der Waals surface area (Å²) in [5.74, 6) is -0.0322. The molecular weight excluding hydrogens is 376 g/mol. The van der Waals surface area contributed by atoms with Gasteiger partial charge in [0.15, 0.2) is 0 Å². The van der Waals surface area contributed by atoms with E-state index in [4.69, 9.17) is 4.74 Å². The minimum atomic E-state index is -0.448. The van der Waals surface area contributed by atoms with Gasteiger partial charge in [0, 0.05) is 32.5 Å². The van der Waals surface area contributed by atoms with Crippen LogP contribution in [0.2, 0.25) is 0 Å². The Labute approximate surface area is 178 Å². The van der Waals surface area contributed by atoms with Crippen molar-refractivity contribution in [1.29, 1.82) is 0 Å². The van der Waals surface area contributed by atoms with Crippen molar-refractivity contribution in [2.45, 2.75) is 37.7 Å². The summed E-state index contributed by atoms with van der Waals surface area (Å²) in [6.07, 6.45) is 3.36. The molecule has 0 aliphatic carbocycles. The summed E-state index contributed by atoms with van der Waals surface area (Å²) in [6, 6.07) is 20.9. The molecule has 0 N–H and O–H groups in total. The van der Waals surface area contributed by atoms with Crippen molar-refractivity contribution < 1.29 is 14.3 Å². The predicted octanol–water partition coefficient (Wildman–Crippen LogP) is 3.58. The van der Waals surface area contributed by atoms with Crippen LogP contribution in [-0.4, -0.2) is 54.4 Å². The standard InChI is InChI=1S/C25H30N2O3/c28-23-13-7-14-24(29)27(23)17-8-16-26-18-15-25(30-20-19-26,21-9-3-1-4-10-21)22-11-5-2-6-12-22/h1-6,9-12H,7-8,13-20H2. The molecule has 5 heteroatoms. The number of rotatable bonds is 6. The van der Waals surface area contributed by atoms with Crippen LogP contribution in [0.4, 0.5) is 0 Å². The van der Waals surface area contributed by atoms with Crippen molar-refractivity contribution >= 4 is 11.8 Å². The van der Waals surface area contributed by atoms with Crippen molar-refractivity contribution in [3.8, 4) is 0 Å². The molecule has 0 spiro atoms. The van der Waals surface area contributed by atoms with Crippen molar-refractivity contribution in [3.05, 3.63) is 71.8 Å². The number of nitrogens with zero attached hydrogens (tertiary/aromatic N) is 2. The molecule has 30 heavy (non-hydrogen) atoms. The Kier molecular flexibility index (Phi) is 6.60. The zero-order valence-electron chi connectivity index (χ0n) is 17.5. The Morgan fingerprint density at radius 3 is 2.00 bits per heavy atom. The van der Waals surface area contributed by atoms with Gasteiger partial charge in [0.1, 0.15) is 5.60 Å². The van der Waals surface area contributed by atoms with Gasteiger partial charge in [-0.05, 0) is 36.9 Å². The quantitative estimate of drug-likeness (QED) is 0.688. The third-order valence-electron chi connectivity index (χ3n) is 6.26. The fourth-order valence-corrected chi connectivity index (χ4v) is 4.61. The van der Waals surface area contributed by atoms with E-state index in [-0.39, 0.29) is 11.8 Å². The van der Waals surface area contributed by atoms with Crippen LogP contribution in [0.1, 0.15) is 43.2 Å². The maximum absolute atomic E-state index is 12.0. The normalized spacial score (nSPS) is 20.2. The maximum Gasteiger partial charge on any atom is 0.229 e. The molecule has 0 atom stereocenters. The van der Waals surface area contributed by atoms with Crippen LogP contribution in [-0.2, 0) is 19.9 Å². The number of carbonyl (C=O) groups excluding carboxylic acids is 2. The first kappa shape index (κ1) is 20.8. The number of imide groups is 1. The first-order valence-corrected chi connectivity index (χ1v) is 11.0. The molecule has 2 heterocycles. The summed E-state index contributed by atoms with van der Waals surface area (Å²) in [5, 5.41) is 0. The van der Waals surface area contributed by atoms with E-state index in [0.29, 0.717) is 32.4 Å². The minimum Gasteiger partial charge on any atom is -0.364 e. The average Bonchev–Trinajstić information content (AvgIpc) is 3.01. The van der Waals surface area contributed by atoms with E-state index in [0.717, 1.165) is 32.5 Å². The lowest BCUT2D eigenvalue weighted by Gasteiger charge is -2.34. The largest absolute Gasteiger partial charge is 0.364 e. The number of likely N-dealkylation sites (tertiary alicyclic amines) is 1. The third kappa shape index (κ3) is 4.47. The fraction of sp³-hybridized carbons (Fsp3) is 0.440. The van der Waals surface area contributed by atoms with Gasteiger partial charge in [-0.25, -0.2) is 0 Å². The van der Waals surface area contributed by atoms with Crippen LogP contribution in [0, 0.1) is 0 Å². The molecule has 158 valence electrons. The zero-order valence-corrected chi connectivity index (χ0v) is 17.5. The van der Waals surface area contributed by atoms with Crippen LogP contribution in [0.25, 0.3) is 0 Å². The van der Waals surface area contributed by atoms with Gasteiger partial charge in [0.25, 0.3) is 0 Å². The molecule has 2 aromatic rings. The molecule has 4 rings (SSSR count). The maximum atomic E-state index is 12.0. The van der Waals surface area contributed by atoms with Crippen LogP contribution in [0.15, 0.2) is 60.7 Å². The van der Waals surface area contributed by atoms with Gasteiger partial charge in [-0.15, -0.1) is 0 Å². The fourth-order valence-electron chi connectivity index (χ4n) is 4.61. The number of amides is 2. The Morgan fingerprint density at radius 1 is 0.800 bits per heavy atom. The first-order valence-electron chi connectivity index (χ1n) is 11.0. The molecule has 0 unspecified atom stereocenters. The molecule has 0 saturated carbocycles. The average molecular weight is 407 g/mol. The second-order valence-electron chi connectivity index (χ2n) is 8.15. The second kappa shape index (κ2) is 9.54. The third-order valence-corrected chi connectivity index (χ3v) is 6.26. The molecule has 2 aliphatic rings. The van der Waals surface area contributed by atoms with Gasteiger partial charge in [0.2, 0.25) is 11.8 Å². The molecule has 2 fully saturated rings. The number of carbonyl (C=O) groups is 2. The van der Waals surface area contributed by atoms with Crippen LogP contribution in [0.5, 0.6) is 0 Å². The summed E-state index contributed by atoms with van der Waals surface area (Å²) < 4.78 is 6.56. The number of ether oxygens (including phenoxy) is 1. The lowest BCUT2D eigenvalue weighted by molar-refractivity contribution is -0.148. The van der Waals surface area contributed by atoms with Gasteiger partial charge < -0.3 is 9.64 Å². The molecule has 5 nitrogen and oxygen atoms in total. The number of hydrogen-bond donors (Lipinski definition) is 0. The lowest BCUT2D eigenvalue weighted by atomic mass is 9.83. The van der Waals surface area contributed by atoms with E-state index in [2.05, 4.69) is 53.4 Å². The van der Waals surface area contributed by atoms with E-state index >= 15 is 0 Å². The topological polar surface area (TPSA) is 49.9 Å². The van der Waals surface area contributed by atoms with E-state index in [1.165, 1.54) is 16.0 Å². The van der Waals surface area contributed by atoms with Crippen molar-refractivity contribution in [2.24, 2.45) is 0 Å². The summed E-state index contributed by atoms with van der Waals surface area (Å²) in [7, 11) is 0. The molecule has 0 aromatic heterocycles. The van der Waals surface area contributed by atoms with Crippen molar-refractivity contribution in [2.75, 3.05) is 32.8 Å². The van der Waals surface area contributed by atoms with Gasteiger partial charge >= 0.3 is 0 Å². The van der Waals surface area contributed by atoms with Crippen LogP contribution >= 0.6 is 0 Å². The van der Waals surface area contributed by atoms with E-state index in [1.807, 2.05) is 12.1 Å². The number of hydrogen-bond acceptors (Lipinski definition) is 4. The summed E-state index contributed by atoms with van der Waals surface area (Å²) in [5.41, 5.74) is 1.92. The Balaban J connectivity index is 1.42. The number of piperidine rings is 1. The predicted molar refractivity (Wildman–Crippen MR) is 116 cm³/mol. The SMILES string of the molecule is O=C1CCCC(=O)N1CCCN1CCOC(c2ccccc2)(c2ccccc2)CC1. The minimum absolute atomic E-state index is 0.0161. The molecule has 2 aliphatic heterocycles. The lowest BCUT2D eigenvalue weighted by Crippen LogP contribution is -2.41. The smallest absolute Gasteiger partial charge is 0.229 e. The van der Waals surface area contributed by atoms with Crippen molar-refractivity contribution in [1.82, 2.24) is 9.80 Å². The Bertz CT molecular complexity index is 798. The van der Waals surface area contributed by atoms with Crippen molar-refractivity contribution in [3.63, 3.8) is 0 Å². The van der Waals surface area contributed by atoms with Crippen LogP contribution < -0.4 is 0 Å². The highest BCUT2D eigenvalue weighted by molar-refractivity contribution is 5.97. The monoisotopic (exact) mass is 406 g/mol. The molecular formula is C25H30N2O3. The van der Waals surface area contributed by atoms with Crippen LogP contribution in [0.3, 0.4) is 0 Å². The van der Waals surface area contributed by atoms with Gasteiger partial charge in [0.05, 0.1) is 6.61 Å². The second-order valence-corrected chi connectivity index (χ2v) is 8.15. The highest BCUT2D eigenvalue weighted by Gasteiger charge is 2.37. The summed E-state index contributed by atoms with van der Waals surface area (Å²) in [4.78, 5) is 27.9. The van der Waals surface area contributed by atoms with Gasteiger partial charge in [-0.2, -0.15) is 0 Å². The first-order chi connectivity index (χ1) is 14.7. The molecule has 2 amide bonds. The highest BCUT2D eigenvalue weighted by Crippen LogP contribution is 2.38. The van der Waals surface area contributed by atoms with E-state index in [1.54, 1.807) is 0 Å².